The molecule has 0 spiro atoms. The first-order valence-corrected chi connectivity index (χ1v) is 7.81. The maximum Gasteiger partial charge on any atom is 0.176 e. The molecule has 2 unspecified atom stereocenters. The number of rotatable bonds is 5. The minimum absolute atomic E-state index is 0.457. The molecule has 4 heterocycles. The van der Waals surface area contributed by atoms with Gasteiger partial charge in [-0.2, -0.15) is 0 Å². The minimum Gasteiger partial charge on any atom is -0.372 e. The number of hydrogen-bond donors (Lipinski definition) is 0. The number of piperidine rings is 1. The molecule has 2 atom stereocenters. The monoisotopic (exact) mass is 275 g/mol. The van der Waals surface area contributed by atoms with Crippen LogP contribution < -0.4 is 4.57 Å². The van der Waals surface area contributed by atoms with Crippen LogP contribution in [0.1, 0.15) is 24.3 Å². The largest absolute Gasteiger partial charge is 0.372 e. The van der Waals surface area contributed by atoms with E-state index >= 15 is 0 Å². The fourth-order valence-electron chi connectivity index (χ4n) is 3.18. The highest BCUT2D eigenvalue weighted by Gasteiger charge is 2.29. The average Bonchev–Trinajstić information content (AvgIpc) is 3.37. The molecule has 0 saturated carbocycles. The van der Waals surface area contributed by atoms with Gasteiger partial charge < -0.3 is 14.4 Å². The second kappa shape index (κ2) is 5.43. The molecule has 3 aliphatic heterocycles. The van der Waals surface area contributed by atoms with Gasteiger partial charge >= 0.3 is 0 Å². The molecule has 4 heteroatoms. The molecule has 3 saturated heterocycles. The van der Waals surface area contributed by atoms with E-state index in [0.29, 0.717) is 12.2 Å². The summed E-state index contributed by atoms with van der Waals surface area (Å²) >= 11 is 0. The van der Waals surface area contributed by atoms with Crippen LogP contribution in [0.5, 0.6) is 0 Å². The Hall–Kier alpha value is -0.970. The van der Waals surface area contributed by atoms with Gasteiger partial charge in [0.1, 0.15) is 6.10 Å². The van der Waals surface area contributed by atoms with Gasteiger partial charge in [-0.05, 0) is 37.4 Å². The lowest BCUT2D eigenvalue weighted by molar-refractivity contribution is -0.698. The molecule has 20 heavy (non-hydrogen) atoms. The lowest BCUT2D eigenvalue weighted by Gasteiger charge is -2.31. The summed E-state index contributed by atoms with van der Waals surface area (Å²) in [5, 5.41) is 0. The predicted octanol–water partition coefficient (Wildman–Crippen LogP) is 0.951. The van der Waals surface area contributed by atoms with E-state index in [2.05, 4.69) is 34.0 Å². The van der Waals surface area contributed by atoms with Crippen LogP contribution in [0, 0.1) is 0 Å². The van der Waals surface area contributed by atoms with Gasteiger partial charge in [0, 0.05) is 18.7 Å². The molecule has 0 bridgehead atoms. The maximum atomic E-state index is 5.32. The van der Waals surface area contributed by atoms with Gasteiger partial charge in [0.15, 0.2) is 18.9 Å². The molecule has 3 fully saturated rings. The Morgan fingerprint density at radius 1 is 1.05 bits per heavy atom. The van der Waals surface area contributed by atoms with Crippen LogP contribution in [0.15, 0.2) is 24.5 Å². The number of aromatic nitrogens is 1. The molecular weight excluding hydrogens is 252 g/mol. The number of epoxide rings is 2. The van der Waals surface area contributed by atoms with Crippen LogP contribution in [0.4, 0.5) is 0 Å². The highest BCUT2D eigenvalue weighted by molar-refractivity contribution is 5.14. The average molecular weight is 275 g/mol. The summed E-state index contributed by atoms with van der Waals surface area (Å²) in [6.45, 7) is 6.48. The third-order valence-electron chi connectivity index (χ3n) is 4.66. The molecule has 4 rings (SSSR count). The van der Waals surface area contributed by atoms with E-state index in [0.717, 1.165) is 32.2 Å². The first-order valence-electron chi connectivity index (χ1n) is 7.81. The zero-order chi connectivity index (χ0) is 13.4. The van der Waals surface area contributed by atoms with Crippen molar-refractivity contribution >= 4 is 0 Å². The summed E-state index contributed by atoms with van der Waals surface area (Å²) in [6.07, 6.45) is 7.97. The molecule has 0 radical (unpaired) electrons. The molecule has 1 aromatic heterocycles. The van der Waals surface area contributed by atoms with Gasteiger partial charge in [-0.25, -0.2) is 4.57 Å². The van der Waals surface area contributed by atoms with E-state index in [9.17, 15) is 0 Å². The van der Waals surface area contributed by atoms with Crippen molar-refractivity contribution in [3.05, 3.63) is 30.1 Å². The van der Waals surface area contributed by atoms with E-state index < -0.39 is 0 Å². The normalized spacial score (nSPS) is 30.4. The van der Waals surface area contributed by atoms with Crippen LogP contribution >= 0.6 is 0 Å². The van der Waals surface area contributed by atoms with E-state index in [1.54, 1.807) is 0 Å². The second-order valence-corrected chi connectivity index (χ2v) is 6.31. The van der Waals surface area contributed by atoms with Gasteiger partial charge in [0.25, 0.3) is 0 Å². The Morgan fingerprint density at radius 2 is 1.70 bits per heavy atom. The van der Waals surface area contributed by atoms with E-state index in [-0.39, 0.29) is 0 Å². The van der Waals surface area contributed by atoms with Crippen LogP contribution in [-0.4, -0.2) is 50.0 Å². The molecule has 0 aliphatic carbocycles. The van der Waals surface area contributed by atoms with E-state index in [1.165, 1.54) is 31.5 Å². The SMILES string of the molecule is c1c[n+](CC2CO2)ccc1C1CCN(CC2CO2)CC1. The van der Waals surface area contributed by atoms with Gasteiger partial charge in [-0.1, -0.05) is 0 Å². The van der Waals surface area contributed by atoms with Crippen molar-refractivity contribution in [2.24, 2.45) is 0 Å². The molecule has 108 valence electrons. The lowest BCUT2D eigenvalue weighted by Crippen LogP contribution is -2.37. The summed E-state index contributed by atoms with van der Waals surface area (Å²) in [5.41, 5.74) is 1.50. The quantitative estimate of drug-likeness (QED) is 0.592. The predicted molar refractivity (Wildman–Crippen MR) is 74.5 cm³/mol. The third kappa shape index (κ3) is 3.19. The van der Waals surface area contributed by atoms with Crippen molar-refractivity contribution < 1.29 is 14.0 Å². The Bertz CT molecular complexity index is 446. The van der Waals surface area contributed by atoms with Crippen molar-refractivity contribution in [3.63, 3.8) is 0 Å². The summed E-state index contributed by atoms with van der Waals surface area (Å²) in [4.78, 5) is 2.56. The van der Waals surface area contributed by atoms with Crippen molar-refractivity contribution in [2.45, 2.75) is 37.5 Å². The van der Waals surface area contributed by atoms with E-state index in [4.69, 9.17) is 9.47 Å². The summed E-state index contributed by atoms with van der Waals surface area (Å²) in [5.74, 6) is 0.734. The number of likely N-dealkylation sites (tertiary alicyclic amines) is 1. The number of ether oxygens (including phenoxy) is 2. The number of nitrogens with zero attached hydrogens (tertiary/aromatic N) is 2. The first kappa shape index (κ1) is 12.7. The zero-order valence-corrected chi connectivity index (χ0v) is 11.9. The Labute approximate surface area is 120 Å². The maximum absolute atomic E-state index is 5.32. The van der Waals surface area contributed by atoms with Gasteiger partial charge in [0.2, 0.25) is 0 Å². The van der Waals surface area contributed by atoms with Gasteiger partial charge in [0.05, 0.1) is 19.3 Å². The van der Waals surface area contributed by atoms with Crippen molar-refractivity contribution in [1.82, 2.24) is 4.90 Å². The molecule has 0 N–H and O–H groups in total. The Balaban J connectivity index is 1.30. The molecule has 3 aliphatic rings. The smallest absolute Gasteiger partial charge is 0.176 e. The van der Waals surface area contributed by atoms with Crippen LogP contribution in [0.3, 0.4) is 0 Å². The molecule has 4 nitrogen and oxygen atoms in total. The van der Waals surface area contributed by atoms with Gasteiger partial charge in [-0.3, -0.25) is 0 Å². The zero-order valence-electron chi connectivity index (χ0n) is 11.9. The standard InChI is InChI=1S/C16H23N2O2/c1-5-17(9-15-11-19-15)6-2-13(1)14-3-7-18(8-4-14)10-16-12-20-16/h1-2,5-6,14-16H,3-4,7-12H2/q+1. The van der Waals surface area contributed by atoms with Gasteiger partial charge in [-0.15, -0.1) is 0 Å². The number of pyridine rings is 1. The van der Waals surface area contributed by atoms with Crippen molar-refractivity contribution in [2.75, 3.05) is 32.8 Å². The van der Waals surface area contributed by atoms with E-state index in [1.807, 2.05) is 0 Å². The fraction of sp³-hybridized carbons (Fsp3) is 0.688. The number of hydrogen-bond acceptors (Lipinski definition) is 3. The van der Waals surface area contributed by atoms with Crippen molar-refractivity contribution in [1.29, 1.82) is 0 Å². The Kier molecular flexibility index (Phi) is 3.46. The van der Waals surface area contributed by atoms with Crippen molar-refractivity contribution in [3.8, 4) is 0 Å². The van der Waals surface area contributed by atoms with Crippen LogP contribution in [0.2, 0.25) is 0 Å². The third-order valence-corrected chi connectivity index (χ3v) is 4.66. The van der Waals surface area contributed by atoms with Crippen LogP contribution in [-0.2, 0) is 16.0 Å². The topological polar surface area (TPSA) is 32.2 Å². The Morgan fingerprint density at radius 3 is 2.30 bits per heavy atom. The summed E-state index contributed by atoms with van der Waals surface area (Å²) in [6, 6.07) is 4.60. The molecule has 1 aromatic rings. The summed E-state index contributed by atoms with van der Waals surface area (Å²) < 4.78 is 12.8. The summed E-state index contributed by atoms with van der Waals surface area (Å²) in [7, 11) is 0. The van der Waals surface area contributed by atoms with Crippen LogP contribution in [0.25, 0.3) is 0 Å². The minimum atomic E-state index is 0.457. The fourth-order valence-corrected chi connectivity index (χ4v) is 3.18. The highest BCUT2D eigenvalue weighted by Crippen LogP contribution is 2.28. The molecule has 0 aromatic carbocycles. The molecule has 0 amide bonds. The molecular formula is C16H23N2O2+. The first-order chi connectivity index (χ1) is 9.87. The second-order valence-electron chi connectivity index (χ2n) is 6.31. The lowest BCUT2D eigenvalue weighted by atomic mass is 9.90. The highest BCUT2D eigenvalue weighted by atomic mass is 16.6.